The Bertz CT molecular complexity index is 520. The standard InChI is InChI=1S/C12H19N3O2S/c1-9-7-15(8-10(9)13)11-5-3-4-6-12(11)18(16,17)14-2/h3-6,9-10,14H,7-8,13H2,1-2H3. The van der Waals surface area contributed by atoms with Gasteiger partial charge >= 0.3 is 0 Å². The van der Waals surface area contributed by atoms with Crippen molar-refractivity contribution in [2.24, 2.45) is 11.7 Å². The van der Waals surface area contributed by atoms with E-state index >= 15 is 0 Å². The first-order valence-electron chi connectivity index (χ1n) is 5.99. The van der Waals surface area contributed by atoms with E-state index < -0.39 is 10.0 Å². The highest BCUT2D eigenvalue weighted by Crippen LogP contribution is 2.29. The van der Waals surface area contributed by atoms with Crippen molar-refractivity contribution < 1.29 is 8.42 Å². The summed E-state index contributed by atoms with van der Waals surface area (Å²) in [5.74, 6) is 0.371. The number of hydrogen-bond donors (Lipinski definition) is 2. The third-order valence-corrected chi connectivity index (χ3v) is 4.90. The minimum atomic E-state index is -3.43. The number of sulfonamides is 1. The highest BCUT2D eigenvalue weighted by Gasteiger charge is 2.29. The van der Waals surface area contributed by atoms with Gasteiger partial charge in [0.05, 0.1) is 5.69 Å². The van der Waals surface area contributed by atoms with Crippen LogP contribution in [-0.2, 0) is 10.0 Å². The van der Waals surface area contributed by atoms with Crippen molar-refractivity contribution in [3.63, 3.8) is 0 Å². The summed E-state index contributed by atoms with van der Waals surface area (Å²) >= 11 is 0. The lowest BCUT2D eigenvalue weighted by molar-refractivity contribution is 0.566. The van der Waals surface area contributed by atoms with E-state index in [1.54, 1.807) is 12.1 Å². The number of anilines is 1. The molecule has 1 saturated heterocycles. The van der Waals surface area contributed by atoms with Crippen LogP contribution in [-0.4, -0.2) is 34.6 Å². The van der Waals surface area contributed by atoms with Crippen molar-refractivity contribution >= 4 is 15.7 Å². The molecule has 1 aromatic rings. The predicted octanol–water partition coefficient (Wildman–Crippen LogP) is 0.378. The SMILES string of the molecule is CNS(=O)(=O)c1ccccc1N1CC(C)C(N)C1. The van der Waals surface area contributed by atoms with Crippen molar-refractivity contribution in [2.75, 3.05) is 25.0 Å². The lowest BCUT2D eigenvalue weighted by Gasteiger charge is -2.21. The average Bonchev–Trinajstić information content (AvgIpc) is 2.69. The van der Waals surface area contributed by atoms with E-state index in [4.69, 9.17) is 5.73 Å². The fourth-order valence-electron chi connectivity index (χ4n) is 2.24. The summed E-state index contributed by atoms with van der Waals surface area (Å²) < 4.78 is 26.3. The summed E-state index contributed by atoms with van der Waals surface area (Å²) in [6.45, 7) is 3.56. The molecular formula is C12H19N3O2S. The van der Waals surface area contributed by atoms with Crippen molar-refractivity contribution in [1.82, 2.24) is 4.72 Å². The smallest absolute Gasteiger partial charge is 0.242 e. The molecule has 5 nitrogen and oxygen atoms in total. The first kappa shape index (κ1) is 13.3. The molecule has 18 heavy (non-hydrogen) atoms. The molecular weight excluding hydrogens is 250 g/mol. The Kier molecular flexibility index (Phi) is 3.61. The van der Waals surface area contributed by atoms with Crippen molar-refractivity contribution in [3.05, 3.63) is 24.3 Å². The van der Waals surface area contributed by atoms with Gasteiger partial charge in [0.15, 0.2) is 0 Å². The van der Waals surface area contributed by atoms with Crippen LogP contribution in [0, 0.1) is 5.92 Å². The number of benzene rings is 1. The molecule has 0 saturated carbocycles. The average molecular weight is 269 g/mol. The molecule has 1 aromatic carbocycles. The maximum atomic E-state index is 12.0. The van der Waals surface area contributed by atoms with Gasteiger partial charge in [-0.25, -0.2) is 13.1 Å². The van der Waals surface area contributed by atoms with Crippen LogP contribution in [0.15, 0.2) is 29.2 Å². The monoisotopic (exact) mass is 269 g/mol. The van der Waals surface area contributed by atoms with Gasteiger partial charge in [0.1, 0.15) is 4.90 Å². The lowest BCUT2D eigenvalue weighted by atomic mass is 10.1. The summed E-state index contributed by atoms with van der Waals surface area (Å²) in [5.41, 5.74) is 6.72. The molecule has 0 aliphatic carbocycles. The second-order valence-electron chi connectivity index (χ2n) is 4.72. The Morgan fingerprint density at radius 1 is 1.33 bits per heavy atom. The minimum Gasteiger partial charge on any atom is -0.369 e. The summed E-state index contributed by atoms with van der Waals surface area (Å²) in [5, 5.41) is 0. The molecule has 2 rings (SSSR count). The van der Waals surface area contributed by atoms with E-state index in [-0.39, 0.29) is 6.04 Å². The normalized spacial score (nSPS) is 24.5. The molecule has 0 bridgehead atoms. The fraction of sp³-hybridized carbons (Fsp3) is 0.500. The van der Waals surface area contributed by atoms with E-state index in [0.29, 0.717) is 17.4 Å². The van der Waals surface area contributed by atoms with E-state index in [0.717, 1.165) is 12.2 Å². The zero-order chi connectivity index (χ0) is 13.3. The molecule has 2 unspecified atom stereocenters. The van der Waals surface area contributed by atoms with Gasteiger partial charge < -0.3 is 10.6 Å². The summed E-state index contributed by atoms with van der Waals surface area (Å²) in [7, 11) is -2.01. The molecule has 3 N–H and O–H groups in total. The van der Waals surface area contributed by atoms with Gasteiger partial charge in [-0.1, -0.05) is 19.1 Å². The largest absolute Gasteiger partial charge is 0.369 e. The minimum absolute atomic E-state index is 0.0929. The molecule has 0 spiro atoms. The molecule has 2 atom stereocenters. The van der Waals surface area contributed by atoms with E-state index in [1.165, 1.54) is 7.05 Å². The van der Waals surface area contributed by atoms with Crippen LogP contribution in [0.2, 0.25) is 0 Å². The fourth-order valence-corrected chi connectivity index (χ4v) is 3.19. The molecule has 0 radical (unpaired) electrons. The summed E-state index contributed by atoms with van der Waals surface area (Å²) in [6, 6.07) is 7.12. The second kappa shape index (κ2) is 4.87. The number of hydrogen-bond acceptors (Lipinski definition) is 4. The van der Waals surface area contributed by atoms with Gasteiger partial charge in [0.2, 0.25) is 10.0 Å². The molecule has 1 aliphatic heterocycles. The molecule has 0 amide bonds. The van der Waals surface area contributed by atoms with E-state index in [2.05, 4.69) is 11.6 Å². The van der Waals surface area contributed by atoms with Gasteiger partial charge in [-0.2, -0.15) is 0 Å². The first-order valence-corrected chi connectivity index (χ1v) is 7.47. The Labute approximate surface area is 108 Å². The molecule has 100 valence electrons. The van der Waals surface area contributed by atoms with Gasteiger partial charge in [-0.15, -0.1) is 0 Å². The summed E-state index contributed by atoms with van der Waals surface area (Å²) in [4.78, 5) is 2.35. The number of rotatable bonds is 3. The van der Waals surface area contributed by atoms with Gasteiger partial charge in [0, 0.05) is 19.1 Å². The lowest BCUT2D eigenvalue weighted by Crippen LogP contribution is -2.29. The van der Waals surface area contributed by atoms with Crippen molar-refractivity contribution in [3.8, 4) is 0 Å². The van der Waals surface area contributed by atoms with E-state index in [9.17, 15) is 8.42 Å². The Morgan fingerprint density at radius 2 is 2.00 bits per heavy atom. The first-order chi connectivity index (χ1) is 8.45. The van der Waals surface area contributed by atoms with Crippen LogP contribution in [0.3, 0.4) is 0 Å². The third kappa shape index (κ3) is 2.36. The van der Waals surface area contributed by atoms with Gasteiger partial charge in [-0.05, 0) is 25.1 Å². The van der Waals surface area contributed by atoms with Crippen LogP contribution in [0.25, 0.3) is 0 Å². The van der Waals surface area contributed by atoms with Crippen LogP contribution in [0.4, 0.5) is 5.69 Å². The highest BCUT2D eigenvalue weighted by atomic mass is 32.2. The molecule has 0 aromatic heterocycles. The number of nitrogens with two attached hydrogens (primary N) is 1. The van der Waals surface area contributed by atoms with Crippen LogP contribution < -0.4 is 15.4 Å². The third-order valence-electron chi connectivity index (χ3n) is 3.43. The van der Waals surface area contributed by atoms with Crippen molar-refractivity contribution in [1.29, 1.82) is 0 Å². The van der Waals surface area contributed by atoms with Gasteiger partial charge in [-0.3, -0.25) is 0 Å². The predicted molar refractivity (Wildman–Crippen MR) is 72.0 cm³/mol. The quantitative estimate of drug-likeness (QED) is 0.832. The highest BCUT2D eigenvalue weighted by molar-refractivity contribution is 7.89. The second-order valence-corrected chi connectivity index (χ2v) is 6.58. The van der Waals surface area contributed by atoms with E-state index in [1.807, 2.05) is 17.0 Å². The molecule has 6 heteroatoms. The number of nitrogens with one attached hydrogen (secondary N) is 1. The van der Waals surface area contributed by atoms with Crippen LogP contribution in [0.1, 0.15) is 6.92 Å². The Morgan fingerprint density at radius 3 is 2.56 bits per heavy atom. The zero-order valence-electron chi connectivity index (χ0n) is 10.6. The topological polar surface area (TPSA) is 75.4 Å². The maximum absolute atomic E-state index is 12.0. The van der Waals surface area contributed by atoms with Crippen LogP contribution >= 0.6 is 0 Å². The molecule has 1 heterocycles. The Balaban J connectivity index is 2.41. The maximum Gasteiger partial charge on any atom is 0.242 e. The van der Waals surface area contributed by atoms with Crippen LogP contribution in [0.5, 0.6) is 0 Å². The van der Waals surface area contributed by atoms with Crippen molar-refractivity contribution in [2.45, 2.75) is 17.9 Å². The summed E-state index contributed by atoms with van der Waals surface area (Å²) in [6.07, 6.45) is 0. The molecule has 1 fully saturated rings. The van der Waals surface area contributed by atoms with Gasteiger partial charge in [0.25, 0.3) is 0 Å². The molecule has 1 aliphatic rings. The number of para-hydroxylation sites is 1. The number of nitrogens with zero attached hydrogens (tertiary/aromatic N) is 1. The zero-order valence-corrected chi connectivity index (χ0v) is 11.4. The Hall–Kier alpha value is -1.11.